The summed E-state index contributed by atoms with van der Waals surface area (Å²) in [5.41, 5.74) is 0.802. The average molecular weight is 302 g/mol. The normalized spacial score (nSPS) is 12.2. The number of rotatable bonds is 4. The van der Waals surface area contributed by atoms with Crippen molar-refractivity contribution in [2.45, 2.75) is 6.04 Å². The van der Waals surface area contributed by atoms with E-state index in [9.17, 15) is 14.7 Å². The van der Waals surface area contributed by atoms with Crippen molar-refractivity contribution in [2.75, 3.05) is 0 Å². The molecule has 0 fully saturated rings. The molecule has 0 aliphatic carbocycles. The molecule has 1 atom stereocenters. The maximum atomic E-state index is 12.3. The van der Waals surface area contributed by atoms with E-state index >= 15 is 0 Å². The highest BCUT2D eigenvalue weighted by molar-refractivity contribution is 7.10. The third-order valence-corrected chi connectivity index (χ3v) is 3.86. The Labute approximate surface area is 122 Å². The first-order chi connectivity index (χ1) is 10.2. The number of hydrogen-bond donors (Lipinski definition) is 2. The SMILES string of the molecule is O=C(NC(C(=O)O)c1cccs1)c1cnn2ccncc12. The number of nitrogens with one attached hydrogen (secondary N) is 1. The van der Waals surface area contributed by atoms with E-state index in [0.717, 1.165) is 0 Å². The summed E-state index contributed by atoms with van der Waals surface area (Å²) in [6.07, 6.45) is 6.05. The molecule has 0 aliphatic rings. The largest absolute Gasteiger partial charge is 0.479 e. The summed E-state index contributed by atoms with van der Waals surface area (Å²) >= 11 is 1.27. The second-order valence-corrected chi connectivity index (χ2v) is 5.20. The Hall–Kier alpha value is -2.74. The molecule has 0 spiro atoms. The van der Waals surface area contributed by atoms with E-state index < -0.39 is 17.9 Å². The summed E-state index contributed by atoms with van der Waals surface area (Å²) in [6, 6.07) is 2.33. The van der Waals surface area contributed by atoms with Gasteiger partial charge in [0.25, 0.3) is 5.91 Å². The van der Waals surface area contributed by atoms with Gasteiger partial charge in [-0.05, 0) is 11.4 Å². The summed E-state index contributed by atoms with van der Waals surface area (Å²) in [7, 11) is 0. The van der Waals surface area contributed by atoms with Crippen molar-refractivity contribution in [1.82, 2.24) is 19.9 Å². The van der Waals surface area contributed by atoms with Gasteiger partial charge in [0.1, 0.15) is 0 Å². The molecule has 1 unspecified atom stereocenters. The van der Waals surface area contributed by atoms with Crippen LogP contribution >= 0.6 is 11.3 Å². The molecular weight excluding hydrogens is 292 g/mol. The highest BCUT2D eigenvalue weighted by Gasteiger charge is 2.25. The molecule has 7 nitrogen and oxygen atoms in total. The fraction of sp³-hybridized carbons (Fsp3) is 0.0769. The molecule has 0 bridgehead atoms. The number of aliphatic carboxylic acids is 1. The van der Waals surface area contributed by atoms with Gasteiger partial charge in [-0.2, -0.15) is 5.10 Å². The molecule has 2 N–H and O–H groups in total. The van der Waals surface area contributed by atoms with Crippen LogP contribution < -0.4 is 5.32 Å². The molecule has 0 aromatic carbocycles. The number of carbonyl (C=O) groups is 2. The Morgan fingerprint density at radius 2 is 2.24 bits per heavy atom. The van der Waals surface area contributed by atoms with Gasteiger partial charge in [-0.1, -0.05) is 6.07 Å². The van der Waals surface area contributed by atoms with Crippen LogP contribution in [0.5, 0.6) is 0 Å². The maximum Gasteiger partial charge on any atom is 0.331 e. The predicted octanol–water partition coefficient (Wildman–Crippen LogP) is 1.35. The van der Waals surface area contributed by atoms with Gasteiger partial charge in [-0.25, -0.2) is 9.31 Å². The van der Waals surface area contributed by atoms with Crippen molar-refractivity contribution in [2.24, 2.45) is 0 Å². The molecule has 3 aromatic rings. The van der Waals surface area contributed by atoms with Crippen molar-refractivity contribution in [3.63, 3.8) is 0 Å². The predicted molar refractivity (Wildman–Crippen MR) is 75.1 cm³/mol. The van der Waals surface area contributed by atoms with Gasteiger partial charge < -0.3 is 10.4 Å². The standard InChI is InChI=1S/C13H10N4O3S/c18-12(8-6-15-17-4-3-14-7-9(8)17)16-11(13(19)20)10-2-1-5-21-10/h1-7,11H,(H,16,18)(H,19,20). The Kier molecular flexibility index (Phi) is 3.36. The van der Waals surface area contributed by atoms with Crippen molar-refractivity contribution in [3.8, 4) is 0 Å². The first-order valence-corrected chi connectivity index (χ1v) is 6.89. The van der Waals surface area contributed by atoms with Gasteiger partial charge in [0.05, 0.1) is 23.5 Å². The number of thiophene rings is 1. The fourth-order valence-electron chi connectivity index (χ4n) is 1.93. The van der Waals surface area contributed by atoms with Crippen molar-refractivity contribution < 1.29 is 14.7 Å². The summed E-state index contributed by atoms with van der Waals surface area (Å²) < 4.78 is 1.50. The zero-order chi connectivity index (χ0) is 14.8. The van der Waals surface area contributed by atoms with Crippen LogP contribution in [0.15, 0.2) is 42.3 Å². The number of amides is 1. The smallest absolute Gasteiger partial charge is 0.331 e. The zero-order valence-corrected chi connectivity index (χ0v) is 11.4. The van der Waals surface area contributed by atoms with E-state index in [1.165, 1.54) is 28.2 Å². The van der Waals surface area contributed by atoms with Crippen molar-refractivity contribution >= 4 is 28.7 Å². The molecule has 0 saturated carbocycles. The highest BCUT2D eigenvalue weighted by atomic mass is 32.1. The Morgan fingerprint density at radius 1 is 1.38 bits per heavy atom. The third-order valence-electron chi connectivity index (χ3n) is 2.92. The third kappa shape index (κ3) is 2.48. The van der Waals surface area contributed by atoms with Crippen LogP contribution in [0.1, 0.15) is 21.3 Å². The highest BCUT2D eigenvalue weighted by Crippen LogP contribution is 2.20. The van der Waals surface area contributed by atoms with Crippen LogP contribution in [0, 0.1) is 0 Å². The first kappa shape index (κ1) is 13.3. The molecule has 21 heavy (non-hydrogen) atoms. The molecule has 0 radical (unpaired) electrons. The molecule has 0 saturated heterocycles. The Bertz CT molecular complexity index is 797. The minimum Gasteiger partial charge on any atom is -0.479 e. The molecule has 3 rings (SSSR count). The van der Waals surface area contributed by atoms with Crippen LogP contribution in [-0.4, -0.2) is 31.6 Å². The summed E-state index contributed by atoms with van der Waals surface area (Å²) in [6.45, 7) is 0. The van der Waals surface area contributed by atoms with Gasteiger partial charge in [-0.3, -0.25) is 9.78 Å². The number of hydrogen-bond acceptors (Lipinski definition) is 5. The quantitative estimate of drug-likeness (QED) is 0.758. The monoisotopic (exact) mass is 302 g/mol. The number of nitrogens with zero attached hydrogens (tertiary/aromatic N) is 3. The zero-order valence-electron chi connectivity index (χ0n) is 10.6. The van der Waals surface area contributed by atoms with Crippen molar-refractivity contribution in [3.05, 3.63) is 52.7 Å². The molecular formula is C13H10N4O3S. The Balaban J connectivity index is 1.90. The van der Waals surface area contributed by atoms with Crippen LogP contribution in [0.25, 0.3) is 5.52 Å². The number of carbonyl (C=O) groups excluding carboxylic acids is 1. The Morgan fingerprint density at radius 3 is 2.95 bits per heavy atom. The maximum absolute atomic E-state index is 12.3. The summed E-state index contributed by atoms with van der Waals surface area (Å²) in [4.78, 5) is 28.1. The lowest BCUT2D eigenvalue weighted by Gasteiger charge is -2.12. The number of aromatic nitrogens is 3. The van der Waals surface area contributed by atoms with Gasteiger partial charge in [-0.15, -0.1) is 11.3 Å². The second-order valence-electron chi connectivity index (χ2n) is 4.22. The summed E-state index contributed by atoms with van der Waals surface area (Å²) in [5.74, 6) is -1.61. The molecule has 1 amide bonds. The molecule has 0 aliphatic heterocycles. The van der Waals surface area contributed by atoms with E-state index in [2.05, 4.69) is 15.4 Å². The van der Waals surface area contributed by atoms with E-state index in [-0.39, 0.29) is 5.56 Å². The van der Waals surface area contributed by atoms with Crippen molar-refractivity contribution in [1.29, 1.82) is 0 Å². The molecule has 8 heteroatoms. The lowest BCUT2D eigenvalue weighted by Crippen LogP contribution is -2.33. The van der Waals surface area contributed by atoms with Crippen LogP contribution in [0.4, 0.5) is 0 Å². The fourth-order valence-corrected chi connectivity index (χ4v) is 2.70. The number of carboxylic acid groups (broad SMARTS) is 1. The topological polar surface area (TPSA) is 96.6 Å². The molecule has 106 valence electrons. The number of carboxylic acids is 1. The van der Waals surface area contributed by atoms with Crippen LogP contribution in [0.2, 0.25) is 0 Å². The molecule has 3 aromatic heterocycles. The van der Waals surface area contributed by atoms with Gasteiger partial charge in [0.2, 0.25) is 0 Å². The van der Waals surface area contributed by atoms with E-state index in [1.807, 2.05) is 0 Å². The second kappa shape index (κ2) is 5.33. The van der Waals surface area contributed by atoms with Gasteiger partial charge in [0.15, 0.2) is 6.04 Å². The number of fused-ring (bicyclic) bond motifs is 1. The first-order valence-electron chi connectivity index (χ1n) is 6.01. The van der Waals surface area contributed by atoms with Gasteiger partial charge >= 0.3 is 5.97 Å². The lowest BCUT2D eigenvalue weighted by atomic mass is 10.2. The summed E-state index contributed by atoms with van der Waals surface area (Å²) in [5, 5.41) is 17.6. The van der Waals surface area contributed by atoms with Gasteiger partial charge in [0, 0.05) is 17.3 Å². The minimum atomic E-state index is -1.11. The van der Waals surface area contributed by atoms with E-state index in [4.69, 9.17) is 0 Å². The van der Waals surface area contributed by atoms with E-state index in [1.54, 1.807) is 29.9 Å². The van der Waals surface area contributed by atoms with E-state index in [0.29, 0.717) is 10.4 Å². The lowest BCUT2D eigenvalue weighted by molar-refractivity contribution is -0.139. The van der Waals surface area contributed by atoms with Crippen LogP contribution in [-0.2, 0) is 4.79 Å². The average Bonchev–Trinajstić information content (AvgIpc) is 3.13. The minimum absolute atomic E-state index is 0.283. The molecule has 3 heterocycles. The van der Waals surface area contributed by atoms with Crippen LogP contribution in [0.3, 0.4) is 0 Å².